The average Bonchev–Trinajstić information content (AvgIpc) is 2.38. The minimum atomic E-state index is 0. The number of carbonyl (C=O) groups is 1. The fourth-order valence-corrected chi connectivity index (χ4v) is 2.49. The Bertz CT molecular complexity index is 374. The SMILES string of the molecule is Cl.O=C(CCN1CCCCC1)c1ccc(Br)cc1. The van der Waals surface area contributed by atoms with E-state index in [9.17, 15) is 4.79 Å². The number of hydrogen-bond acceptors (Lipinski definition) is 2. The zero-order valence-electron chi connectivity index (χ0n) is 10.4. The second-order valence-electron chi connectivity index (χ2n) is 4.58. The first kappa shape index (κ1) is 15.7. The Kier molecular flexibility index (Phi) is 6.90. The quantitative estimate of drug-likeness (QED) is 0.779. The molecule has 18 heavy (non-hydrogen) atoms. The first-order chi connectivity index (χ1) is 8.25. The number of piperidine rings is 1. The summed E-state index contributed by atoms with van der Waals surface area (Å²) in [6, 6.07) is 7.63. The van der Waals surface area contributed by atoms with Crippen LogP contribution in [0.5, 0.6) is 0 Å². The third kappa shape index (κ3) is 4.71. The lowest BCUT2D eigenvalue weighted by Crippen LogP contribution is -2.31. The molecule has 0 saturated carbocycles. The predicted molar refractivity (Wildman–Crippen MR) is 80.6 cm³/mol. The van der Waals surface area contributed by atoms with Gasteiger partial charge in [0.25, 0.3) is 0 Å². The van der Waals surface area contributed by atoms with Crippen LogP contribution in [0.15, 0.2) is 28.7 Å². The minimum absolute atomic E-state index is 0. The van der Waals surface area contributed by atoms with E-state index >= 15 is 0 Å². The highest BCUT2D eigenvalue weighted by atomic mass is 79.9. The molecule has 100 valence electrons. The lowest BCUT2D eigenvalue weighted by molar-refractivity contribution is 0.0958. The van der Waals surface area contributed by atoms with Gasteiger partial charge in [0.15, 0.2) is 5.78 Å². The van der Waals surface area contributed by atoms with Crippen LogP contribution in [0.25, 0.3) is 0 Å². The summed E-state index contributed by atoms with van der Waals surface area (Å²) >= 11 is 3.38. The topological polar surface area (TPSA) is 20.3 Å². The first-order valence-corrected chi connectivity index (χ1v) is 7.06. The van der Waals surface area contributed by atoms with Crippen molar-refractivity contribution < 1.29 is 4.79 Å². The van der Waals surface area contributed by atoms with Crippen molar-refractivity contribution in [2.24, 2.45) is 0 Å². The molecule has 1 saturated heterocycles. The highest BCUT2D eigenvalue weighted by molar-refractivity contribution is 9.10. The van der Waals surface area contributed by atoms with Crippen LogP contribution in [0.3, 0.4) is 0 Å². The van der Waals surface area contributed by atoms with Gasteiger partial charge in [-0.15, -0.1) is 12.4 Å². The van der Waals surface area contributed by atoms with E-state index in [-0.39, 0.29) is 18.2 Å². The van der Waals surface area contributed by atoms with E-state index in [1.54, 1.807) is 0 Å². The maximum Gasteiger partial charge on any atom is 0.164 e. The summed E-state index contributed by atoms with van der Waals surface area (Å²) in [5, 5.41) is 0. The lowest BCUT2D eigenvalue weighted by Gasteiger charge is -2.25. The van der Waals surface area contributed by atoms with Gasteiger partial charge in [0.05, 0.1) is 0 Å². The molecule has 2 rings (SSSR count). The molecular formula is C14H19BrClNO. The second-order valence-corrected chi connectivity index (χ2v) is 5.50. The number of hydrogen-bond donors (Lipinski definition) is 0. The van der Waals surface area contributed by atoms with Gasteiger partial charge in [-0.1, -0.05) is 34.5 Å². The predicted octanol–water partition coefficient (Wildman–Crippen LogP) is 3.93. The summed E-state index contributed by atoms with van der Waals surface area (Å²) in [4.78, 5) is 14.4. The highest BCUT2D eigenvalue weighted by Crippen LogP contribution is 2.13. The van der Waals surface area contributed by atoms with Crippen molar-refractivity contribution in [3.8, 4) is 0 Å². The summed E-state index contributed by atoms with van der Waals surface area (Å²) in [5.74, 6) is 0.253. The molecule has 1 fully saturated rings. The summed E-state index contributed by atoms with van der Waals surface area (Å²) in [7, 11) is 0. The van der Waals surface area contributed by atoms with Crippen molar-refractivity contribution in [1.82, 2.24) is 4.90 Å². The van der Waals surface area contributed by atoms with Gasteiger partial charge in [-0.3, -0.25) is 4.79 Å². The molecule has 1 aliphatic rings. The number of benzene rings is 1. The molecule has 2 nitrogen and oxygen atoms in total. The van der Waals surface area contributed by atoms with E-state index in [0.29, 0.717) is 6.42 Å². The lowest BCUT2D eigenvalue weighted by atomic mass is 10.1. The summed E-state index contributed by atoms with van der Waals surface area (Å²) in [5.41, 5.74) is 0.824. The number of ketones is 1. The van der Waals surface area contributed by atoms with Crippen molar-refractivity contribution in [2.75, 3.05) is 19.6 Å². The molecular weight excluding hydrogens is 314 g/mol. The van der Waals surface area contributed by atoms with Crippen LogP contribution in [-0.4, -0.2) is 30.3 Å². The van der Waals surface area contributed by atoms with E-state index in [1.165, 1.54) is 19.3 Å². The number of carbonyl (C=O) groups excluding carboxylic acids is 1. The molecule has 1 aliphatic heterocycles. The largest absolute Gasteiger partial charge is 0.303 e. The van der Waals surface area contributed by atoms with Crippen molar-refractivity contribution in [3.63, 3.8) is 0 Å². The average molecular weight is 333 g/mol. The van der Waals surface area contributed by atoms with Crippen LogP contribution in [0, 0.1) is 0 Å². The Hall–Kier alpha value is -0.380. The minimum Gasteiger partial charge on any atom is -0.303 e. The Labute approximate surface area is 123 Å². The summed E-state index contributed by atoms with van der Waals surface area (Å²) in [6.45, 7) is 3.23. The number of rotatable bonds is 4. The van der Waals surface area contributed by atoms with Crippen molar-refractivity contribution >= 4 is 34.1 Å². The van der Waals surface area contributed by atoms with Gasteiger partial charge in [0, 0.05) is 23.0 Å². The van der Waals surface area contributed by atoms with Crippen molar-refractivity contribution in [2.45, 2.75) is 25.7 Å². The summed E-state index contributed by atoms with van der Waals surface area (Å²) in [6.07, 6.45) is 4.55. The number of halogens is 2. The van der Waals surface area contributed by atoms with Gasteiger partial charge >= 0.3 is 0 Å². The molecule has 1 heterocycles. The zero-order valence-corrected chi connectivity index (χ0v) is 12.8. The second kappa shape index (κ2) is 7.93. The normalized spacial score (nSPS) is 16.1. The fourth-order valence-electron chi connectivity index (χ4n) is 2.22. The van der Waals surface area contributed by atoms with Crippen molar-refractivity contribution in [3.05, 3.63) is 34.3 Å². The van der Waals surface area contributed by atoms with Crippen LogP contribution in [-0.2, 0) is 0 Å². The highest BCUT2D eigenvalue weighted by Gasteiger charge is 2.12. The van der Waals surface area contributed by atoms with Crippen LogP contribution < -0.4 is 0 Å². The van der Waals surface area contributed by atoms with Crippen LogP contribution >= 0.6 is 28.3 Å². The molecule has 0 radical (unpaired) electrons. The molecule has 0 amide bonds. The van der Waals surface area contributed by atoms with Gasteiger partial charge in [0.2, 0.25) is 0 Å². The third-order valence-electron chi connectivity index (χ3n) is 3.27. The fraction of sp³-hybridized carbons (Fsp3) is 0.500. The van der Waals surface area contributed by atoms with Gasteiger partial charge in [-0.25, -0.2) is 0 Å². The van der Waals surface area contributed by atoms with E-state index in [0.717, 1.165) is 29.7 Å². The standard InChI is InChI=1S/C14H18BrNO.ClH/c15-13-6-4-12(5-7-13)14(17)8-11-16-9-2-1-3-10-16;/h4-7H,1-3,8-11H2;1H. The molecule has 0 aliphatic carbocycles. The summed E-state index contributed by atoms with van der Waals surface area (Å²) < 4.78 is 1.02. The number of nitrogens with zero attached hydrogens (tertiary/aromatic N) is 1. The molecule has 0 unspecified atom stereocenters. The van der Waals surface area contributed by atoms with E-state index in [1.807, 2.05) is 24.3 Å². The smallest absolute Gasteiger partial charge is 0.164 e. The molecule has 0 N–H and O–H groups in total. The van der Waals surface area contributed by atoms with E-state index in [2.05, 4.69) is 20.8 Å². The van der Waals surface area contributed by atoms with Crippen LogP contribution in [0.1, 0.15) is 36.0 Å². The Morgan fingerprint density at radius 2 is 1.72 bits per heavy atom. The Morgan fingerprint density at radius 1 is 1.11 bits per heavy atom. The molecule has 0 atom stereocenters. The molecule has 1 aromatic rings. The van der Waals surface area contributed by atoms with Gasteiger partial charge in [-0.05, 0) is 38.1 Å². The first-order valence-electron chi connectivity index (χ1n) is 6.27. The maximum absolute atomic E-state index is 12.0. The van der Waals surface area contributed by atoms with Gasteiger partial charge in [0.1, 0.15) is 0 Å². The molecule has 0 bridgehead atoms. The van der Waals surface area contributed by atoms with Crippen LogP contribution in [0.4, 0.5) is 0 Å². The monoisotopic (exact) mass is 331 g/mol. The molecule has 1 aromatic carbocycles. The number of likely N-dealkylation sites (tertiary alicyclic amines) is 1. The molecule has 0 spiro atoms. The number of Topliss-reactive ketones (excluding diaryl/α,β-unsaturated/α-hetero) is 1. The van der Waals surface area contributed by atoms with E-state index in [4.69, 9.17) is 0 Å². The molecule has 0 aromatic heterocycles. The maximum atomic E-state index is 12.0. The van der Waals surface area contributed by atoms with Gasteiger partial charge in [-0.2, -0.15) is 0 Å². The van der Waals surface area contributed by atoms with Gasteiger partial charge < -0.3 is 4.90 Å². The Morgan fingerprint density at radius 3 is 2.33 bits per heavy atom. The van der Waals surface area contributed by atoms with Crippen LogP contribution in [0.2, 0.25) is 0 Å². The van der Waals surface area contributed by atoms with E-state index < -0.39 is 0 Å². The Balaban J connectivity index is 0.00000162. The zero-order chi connectivity index (χ0) is 12.1. The molecule has 4 heteroatoms. The third-order valence-corrected chi connectivity index (χ3v) is 3.80. The van der Waals surface area contributed by atoms with Crippen molar-refractivity contribution in [1.29, 1.82) is 0 Å².